The lowest BCUT2D eigenvalue weighted by Crippen LogP contribution is -2.40. The van der Waals surface area contributed by atoms with Gasteiger partial charge in [-0.2, -0.15) is 0 Å². The van der Waals surface area contributed by atoms with E-state index in [1.807, 2.05) is 12.5 Å². The van der Waals surface area contributed by atoms with E-state index in [-0.39, 0.29) is 6.04 Å². The zero-order valence-corrected chi connectivity index (χ0v) is 11.5. The fraction of sp³-hybridized carbons (Fsp3) is 0.769. The Morgan fingerprint density at radius 1 is 1.61 bits per heavy atom. The fourth-order valence-corrected chi connectivity index (χ4v) is 2.60. The summed E-state index contributed by atoms with van der Waals surface area (Å²) in [4.78, 5) is 6.61. The van der Waals surface area contributed by atoms with E-state index in [9.17, 15) is 0 Å². The van der Waals surface area contributed by atoms with Crippen molar-refractivity contribution in [1.29, 1.82) is 0 Å². The molecule has 1 fully saturated rings. The maximum Gasteiger partial charge on any atom is 0.0951 e. The molecule has 2 unspecified atom stereocenters. The molecule has 0 aromatic carbocycles. The summed E-state index contributed by atoms with van der Waals surface area (Å²) in [5.41, 5.74) is 7.17. The van der Waals surface area contributed by atoms with Crippen LogP contribution in [0.15, 0.2) is 12.5 Å². The first-order valence-corrected chi connectivity index (χ1v) is 6.66. The minimum atomic E-state index is 0.210. The highest BCUT2D eigenvalue weighted by molar-refractivity contribution is 5.08. The lowest BCUT2D eigenvalue weighted by Gasteiger charge is -2.32. The lowest BCUT2D eigenvalue weighted by molar-refractivity contribution is 0.131. The number of hydrogen-bond acceptors (Lipinski definition) is 4. The highest BCUT2D eigenvalue weighted by Crippen LogP contribution is 2.25. The lowest BCUT2D eigenvalue weighted by atomic mass is 10.1. The minimum Gasteiger partial charge on any atom is -0.380 e. The van der Waals surface area contributed by atoms with Gasteiger partial charge < -0.3 is 15.0 Å². The normalized spacial score (nSPS) is 22.0. The smallest absolute Gasteiger partial charge is 0.0951 e. The average molecular weight is 252 g/mol. The standard InChI is InChI=1S/C13H24N4O/c1-10(2)17-9-15-7-13(17)12(6-14)16(3)11-4-5-18-8-11/h7,9-12H,4-6,8,14H2,1-3H3. The molecule has 0 aliphatic carbocycles. The summed E-state index contributed by atoms with van der Waals surface area (Å²) in [6, 6.07) is 1.08. The van der Waals surface area contributed by atoms with E-state index in [4.69, 9.17) is 10.5 Å². The van der Waals surface area contributed by atoms with Crippen molar-refractivity contribution in [3.63, 3.8) is 0 Å². The number of nitrogens with two attached hydrogens (primary N) is 1. The molecule has 1 saturated heterocycles. The van der Waals surface area contributed by atoms with E-state index in [1.54, 1.807) is 0 Å². The van der Waals surface area contributed by atoms with Crippen molar-refractivity contribution in [3.05, 3.63) is 18.2 Å². The highest BCUT2D eigenvalue weighted by Gasteiger charge is 2.28. The SMILES string of the molecule is CC(C)n1cncc1C(CN)N(C)C1CCOC1. The van der Waals surface area contributed by atoms with Crippen LogP contribution in [0.3, 0.4) is 0 Å². The van der Waals surface area contributed by atoms with Crippen molar-refractivity contribution in [3.8, 4) is 0 Å². The van der Waals surface area contributed by atoms with Gasteiger partial charge in [-0.05, 0) is 27.3 Å². The number of imidazole rings is 1. The molecule has 0 amide bonds. The molecule has 5 heteroatoms. The Balaban J connectivity index is 2.18. The molecule has 1 aromatic heterocycles. The second kappa shape index (κ2) is 5.82. The van der Waals surface area contributed by atoms with Gasteiger partial charge in [0.2, 0.25) is 0 Å². The molecule has 1 aliphatic heterocycles. The zero-order valence-electron chi connectivity index (χ0n) is 11.5. The van der Waals surface area contributed by atoms with Gasteiger partial charge in [0.1, 0.15) is 0 Å². The molecule has 102 valence electrons. The Kier molecular flexibility index (Phi) is 4.37. The first kappa shape index (κ1) is 13.5. The first-order chi connectivity index (χ1) is 8.65. The van der Waals surface area contributed by atoms with E-state index >= 15 is 0 Å². The molecular weight excluding hydrogens is 228 g/mol. The third-order valence-electron chi connectivity index (χ3n) is 3.79. The molecule has 1 aromatic rings. The summed E-state index contributed by atoms with van der Waals surface area (Å²) in [5, 5.41) is 0. The van der Waals surface area contributed by atoms with Crippen molar-refractivity contribution >= 4 is 0 Å². The van der Waals surface area contributed by atoms with E-state index in [1.165, 1.54) is 5.69 Å². The quantitative estimate of drug-likeness (QED) is 0.855. The van der Waals surface area contributed by atoms with Crippen LogP contribution in [0.4, 0.5) is 0 Å². The second-order valence-electron chi connectivity index (χ2n) is 5.25. The van der Waals surface area contributed by atoms with Gasteiger partial charge in [0.15, 0.2) is 0 Å². The van der Waals surface area contributed by atoms with Crippen LogP contribution in [0, 0.1) is 0 Å². The topological polar surface area (TPSA) is 56.3 Å². The Morgan fingerprint density at radius 2 is 2.39 bits per heavy atom. The maximum atomic E-state index is 5.98. The number of aromatic nitrogens is 2. The molecule has 0 saturated carbocycles. The molecule has 18 heavy (non-hydrogen) atoms. The van der Waals surface area contributed by atoms with Crippen molar-refractivity contribution < 1.29 is 4.74 Å². The molecule has 0 radical (unpaired) electrons. The van der Waals surface area contributed by atoms with Gasteiger partial charge in [-0.1, -0.05) is 0 Å². The Hall–Kier alpha value is -0.910. The van der Waals surface area contributed by atoms with E-state index in [2.05, 4.69) is 35.3 Å². The summed E-state index contributed by atoms with van der Waals surface area (Å²) in [6.07, 6.45) is 4.91. The number of ether oxygens (including phenoxy) is 1. The summed E-state index contributed by atoms with van der Waals surface area (Å²) in [7, 11) is 2.13. The molecule has 2 rings (SSSR count). The Labute approximate surface area is 109 Å². The molecule has 1 aliphatic rings. The van der Waals surface area contributed by atoms with Crippen LogP contribution >= 0.6 is 0 Å². The Morgan fingerprint density at radius 3 is 2.94 bits per heavy atom. The van der Waals surface area contributed by atoms with Gasteiger partial charge in [-0.25, -0.2) is 4.98 Å². The predicted molar refractivity (Wildman–Crippen MR) is 71.4 cm³/mol. The fourth-order valence-electron chi connectivity index (χ4n) is 2.60. The maximum absolute atomic E-state index is 5.98. The predicted octanol–water partition coefficient (Wildman–Crippen LogP) is 1.18. The van der Waals surface area contributed by atoms with Gasteiger partial charge in [0.25, 0.3) is 0 Å². The highest BCUT2D eigenvalue weighted by atomic mass is 16.5. The zero-order chi connectivity index (χ0) is 13.1. The molecule has 0 spiro atoms. The third-order valence-corrected chi connectivity index (χ3v) is 3.79. The molecule has 5 nitrogen and oxygen atoms in total. The van der Waals surface area contributed by atoms with Crippen LogP contribution in [-0.2, 0) is 4.74 Å². The van der Waals surface area contributed by atoms with Crippen molar-refractivity contribution in [2.45, 2.75) is 38.4 Å². The molecule has 2 heterocycles. The van der Waals surface area contributed by atoms with Crippen LogP contribution in [0.25, 0.3) is 0 Å². The minimum absolute atomic E-state index is 0.210. The molecule has 0 bridgehead atoms. The second-order valence-corrected chi connectivity index (χ2v) is 5.25. The summed E-state index contributed by atoms with van der Waals surface area (Å²) in [6.45, 7) is 6.60. The van der Waals surface area contributed by atoms with Crippen molar-refractivity contribution in [1.82, 2.24) is 14.5 Å². The van der Waals surface area contributed by atoms with Crippen LogP contribution in [-0.4, -0.2) is 47.3 Å². The Bertz CT molecular complexity index is 371. The summed E-state index contributed by atoms with van der Waals surface area (Å²) >= 11 is 0. The number of likely N-dealkylation sites (N-methyl/N-ethyl adjacent to an activating group) is 1. The van der Waals surface area contributed by atoms with Gasteiger partial charge in [0.05, 0.1) is 24.7 Å². The summed E-state index contributed by atoms with van der Waals surface area (Å²) in [5.74, 6) is 0. The van der Waals surface area contributed by atoms with Crippen molar-refractivity contribution in [2.75, 3.05) is 26.8 Å². The first-order valence-electron chi connectivity index (χ1n) is 6.66. The van der Waals surface area contributed by atoms with Crippen LogP contribution in [0.2, 0.25) is 0 Å². The number of hydrogen-bond donors (Lipinski definition) is 1. The molecule has 2 N–H and O–H groups in total. The van der Waals surface area contributed by atoms with Crippen LogP contribution in [0.5, 0.6) is 0 Å². The van der Waals surface area contributed by atoms with Crippen LogP contribution < -0.4 is 5.73 Å². The number of nitrogens with zero attached hydrogens (tertiary/aromatic N) is 3. The summed E-state index contributed by atoms with van der Waals surface area (Å²) < 4.78 is 7.66. The largest absolute Gasteiger partial charge is 0.380 e. The van der Waals surface area contributed by atoms with Crippen LogP contribution in [0.1, 0.15) is 38.0 Å². The van der Waals surface area contributed by atoms with Crippen molar-refractivity contribution in [2.24, 2.45) is 5.73 Å². The number of rotatable bonds is 5. The molecular formula is C13H24N4O. The third kappa shape index (κ3) is 2.58. The van der Waals surface area contributed by atoms with Gasteiger partial charge >= 0.3 is 0 Å². The average Bonchev–Trinajstić information content (AvgIpc) is 3.00. The van der Waals surface area contributed by atoms with Gasteiger partial charge in [0, 0.05) is 31.4 Å². The van der Waals surface area contributed by atoms with E-state index < -0.39 is 0 Å². The van der Waals surface area contributed by atoms with E-state index in [0.29, 0.717) is 18.6 Å². The monoisotopic (exact) mass is 252 g/mol. The van der Waals surface area contributed by atoms with E-state index in [0.717, 1.165) is 19.6 Å². The van der Waals surface area contributed by atoms with Gasteiger partial charge in [-0.15, -0.1) is 0 Å². The van der Waals surface area contributed by atoms with Gasteiger partial charge in [-0.3, -0.25) is 4.90 Å². The molecule has 2 atom stereocenters.